The van der Waals surface area contributed by atoms with Gasteiger partial charge in [-0.15, -0.1) is 0 Å². The number of nitrogens with one attached hydrogen (secondary N) is 3. The first-order valence-corrected chi connectivity index (χ1v) is 12.0. The normalized spacial score (nSPS) is 16.4. The minimum absolute atomic E-state index is 0.0186. The van der Waals surface area contributed by atoms with Crippen LogP contribution in [-0.4, -0.2) is 90.7 Å². The van der Waals surface area contributed by atoms with E-state index in [4.69, 9.17) is 10.5 Å². The topological polar surface area (TPSA) is 177 Å². The smallest absolute Gasteiger partial charge is 0.242 e. The molecule has 0 spiro atoms. The van der Waals surface area contributed by atoms with Crippen molar-refractivity contribution in [3.8, 4) is 0 Å². The van der Waals surface area contributed by atoms with Crippen LogP contribution in [-0.2, 0) is 33.5 Å². The Morgan fingerprint density at radius 1 is 1.09 bits per heavy atom. The standard InChI is InChI=1S/C20H33N5O7S/c1-3-32-9-5-17(28)24-13(10-15(21)26)11-18(29)23-7-6-22-16(27)4-8-25-19(30)12-14(33-2)20(25)31/h13-14H,3-12H2,1-2H3,(H2,21,26)(H,22,27)(H,23,29)(H,24,28). The van der Waals surface area contributed by atoms with Crippen LogP contribution < -0.4 is 21.7 Å². The first-order chi connectivity index (χ1) is 15.7. The Balaban J connectivity index is 2.29. The summed E-state index contributed by atoms with van der Waals surface area (Å²) >= 11 is 1.31. The zero-order valence-electron chi connectivity index (χ0n) is 19.0. The van der Waals surface area contributed by atoms with Crippen molar-refractivity contribution in [1.29, 1.82) is 0 Å². The molecule has 1 heterocycles. The summed E-state index contributed by atoms with van der Waals surface area (Å²) in [5, 5.41) is 7.39. The molecule has 2 unspecified atom stereocenters. The lowest BCUT2D eigenvalue weighted by molar-refractivity contribution is -0.139. The lowest BCUT2D eigenvalue weighted by Gasteiger charge is -2.17. The van der Waals surface area contributed by atoms with E-state index in [9.17, 15) is 28.8 Å². The van der Waals surface area contributed by atoms with Crippen molar-refractivity contribution >= 4 is 47.2 Å². The van der Waals surface area contributed by atoms with Gasteiger partial charge >= 0.3 is 0 Å². The van der Waals surface area contributed by atoms with Crippen LogP contribution in [0.3, 0.4) is 0 Å². The highest BCUT2D eigenvalue weighted by Gasteiger charge is 2.37. The van der Waals surface area contributed by atoms with Crippen molar-refractivity contribution in [3.63, 3.8) is 0 Å². The number of carbonyl (C=O) groups excluding carboxylic acids is 6. The molecule has 0 bridgehead atoms. The predicted molar refractivity (Wildman–Crippen MR) is 121 cm³/mol. The average molecular weight is 488 g/mol. The van der Waals surface area contributed by atoms with Crippen molar-refractivity contribution in [3.05, 3.63) is 0 Å². The van der Waals surface area contributed by atoms with E-state index >= 15 is 0 Å². The number of hydrogen-bond acceptors (Lipinski definition) is 8. The van der Waals surface area contributed by atoms with E-state index < -0.39 is 17.9 Å². The number of carbonyl (C=O) groups is 6. The van der Waals surface area contributed by atoms with Crippen molar-refractivity contribution in [2.45, 2.75) is 50.3 Å². The number of nitrogens with zero attached hydrogens (tertiary/aromatic N) is 1. The van der Waals surface area contributed by atoms with Crippen molar-refractivity contribution in [2.24, 2.45) is 5.73 Å². The third-order valence-electron chi connectivity index (χ3n) is 4.74. The molecule has 12 nitrogen and oxygen atoms in total. The van der Waals surface area contributed by atoms with Gasteiger partial charge in [0.15, 0.2) is 0 Å². The number of primary amides is 1. The summed E-state index contributed by atoms with van der Waals surface area (Å²) in [5.74, 6) is -2.34. The maximum atomic E-state index is 12.1. The minimum atomic E-state index is -0.744. The zero-order valence-corrected chi connectivity index (χ0v) is 19.8. The summed E-state index contributed by atoms with van der Waals surface area (Å²) in [6.07, 6.45) is 1.65. The molecule has 33 heavy (non-hydrogen) atoms. The minimum Gasteiger partial charge on any atom is -0.381 e. The van der Waals surface area contributed by atoms with Crippen molar-refractivity contribution in [1.82, 2.24) is 20.9 Å². The van der Waals surface area contributed by atoms with Gasteiger partial charge in [0.25, 0.3) is 0 Å². The molecule has 0 aromatic rings. The molecule has 13 heteroatoms. The van der Waals surface area contributed by atoms with E-state index in [1.54, 1.807) is 13.2 Å². The average Bonchev–Trinajstić information content (AvgIpc) is 3.02. The Hall–Kier alpha value is -2.67. The third kappa shape index (κ3) is 11.1. The Morgan fingerprint density at radius 3 is 2.33 bits per heavy atom. The molecule has 0 aromatic carbocycles. The van der Waals surface area contributed by atoms with Crippen LogP contribution in [0.5, 0.6) is 0 Å². The van der Waals surface area contributed by atoms with Gasteiger partial charge in [-0.1, -0.05) is 0 Å². The van der Waals surface area contributed by atoms with Gasteiger partial charge in [0.05, 0.1) is 11.9 Å². The number of nitrogens with two attached hydrogens (primary N) is 1. The Bertz CT molecular complexity index is 734. The molecule has 5 N–H and O–H groups in total. The lowest BCUT2D eigenvalue weighted by atomic mass is 10.1. The fraction of sp³-hybridized carbons (Fsp3) is 0.700. The maximum absolute atomic E-state index is 12.1. The van der Waals surface area contributed by atoms with Crippen LogP contribution in [0.25, 0.3) is 0 Å². The fourth-order valence-corrected chi connectivity index (χ4v) is 3.74. The molecule has 0 saturated carbocycles. The monoisotopic (exact) mass is 487 g/mol. The summed E-state index contributed by atoms with van der Waals surface area (Å²) in [6.45, 7) is 2.80. The largest absolute Gasteiger partial charge is 0.381 e. The van der Waals surface area contributed by atoms with E-state index in [0.717, 1.165) is 4.90 Å². The van der Waals surface area contributed by atoms with Gasteiger partial charge in [-0.05, 0) is 13.2 Å². The van der Waals surface area contributed by atoms with Crippen LogP contribution in [0.4, 0.5) is 0 Å². The quantitative estimate of drug-likeness (QED) is 0.147. The Kier molecular flexibility index (Phi) is 13.1. The van der Waals surface area contributed by atoms with Gasteiger partial charge in [0.2, 0.25) is 35.4 Å². The second-order valence-electron chi connectivity index (χ2n) is 7.35. The van der Waals surface area contributed by atoms with E-state index in [-0.39, 0.29) is 87.2 Å². The molecule has 1 aliphatic rings. The predicted octanol–water partition coefficient (Wildman–Crippen LogP) is -1.72. The van der Waals surface area contributed by atoms with E-state index in [0.29, 0.717) is 6.61 Å². The molecule has 0 aromatic heterocycles. The summed E-state index contributed by atoms with van der Waals surface area (Å²) in [6, 6.07) is -0.744. The molecular formula is C20H33N5O7S. The number of ether oxygens (including phenoxy) is 1. The zero-order chi connectivity index (χ0) is 24.8. The molecule has 186 valence electrons. The van der Waals surface area contributed by atoms with Crippen LogP contribution in [0.15, 0.2) is 0 Å². The number of hydrogen-bond donors (Lipinski definition) is 4. The molecule has 1 aliphatic heterocycles. The van der Waals surface area contributed by atoms with E-state index in [1.807, 2.05) is 0 Å². The molecule has 0 aliphatic carbocycles. The second-order valence-corrected chi connectivity index (χ2v) is 8.39. The Morgan fingerprint density at radius 2 is 1.76 bits per heavy atom. The van der Waals surface area contributed by atoms with E-state index in [2.05, 4.69) is 16.0 Å². The fourth-order valence-electron chi connectivity index (χ4n) is 3.10. The molecule has 6 amide bonds. The van der Waals surface area contributed by atoms with Gasteiger partial charge in [-0.25, -0.2) is 0 Å². The molecule has 1 fully saturated rings. The molecular weight excluding hydrogens is 454 g/mol. The van der Waals surface area contributed by atoms with E-state index in [1.165, 1.54) is 11.8 Å². The summed E-state index contributed by atoms with van der Waals surface area (Å²) in [4.78, 5) is 72.1. The molecule has 1 saturated heterocycles. The molecule has 1 rings (SSSR count). The summed E-state index contributed by atoms with van der Waals surface area (Å²) < 4.78 is 5.10. The maximum Gasteiger partial charge on any atom is 0.242 e. The highest BCUT2D eigenvalue weighted by Crippen LogP contribution is 2.22. The second kappa shape index (κ2) is 15.2. The molecule has 0 radical (unpaired) electrons. The van der Waals surface area contributed by atoms with Crippen molar-refractivity contribution < 1.29 is 33.5 Å². The number of thioether (sulfide) groups is 1. The Labute approximate surface area is 197 Å². The number of imide groups is 1. The number of likely N-dealkylation sites (tertiary alicyclic amines) is 1. The lowest BCUT2D eigenvalue weighted by Crippen LogP contribution is -2.43. The van der Waals surface area contributed by atoms with Gasteiger partial charge in [-0.3, -0.25) is 33.7 Å². The van der Waals surface area contributed by atoms with Gasteiger partial charge in [-0.2, -0.15) is 11.8 Å². The first kappa shape index (κ1) is 28.4. The van der Waals surface area contributed by atoms with Gasteiger partial charge in [0, 0.05) is 64.4 Å². The van der Waals surface area contributed by atoms with Crippen LogP contribution in [0.1, 0.15) is 39.0 Å². The van der Waals surface area contributed by atoms with Crippen LogP contribution >= 0.6 is 11.8 Å². The van der Waals surface area contributed by atoms with Gasteiger partial charge in [0.1, 0.15) is 0 Å². The first-order valence-electron chi connectivity index (χ1n) is 10.7. The highest BCUT2D eigenvalue weighted by molar-refractivity contribution is 8.00. The SMILES string of the molecule is CCOCCC(=O)NC(CC(N)=O)CC(=O)NCCNC(=O)CCN1C(=O)CC(SC)C1=O. The van der Waals surface area contributed by atoms with Gasteiger partial charge < -0.3 is 26.4 Å². The molecule has 2 atom stereocenters. The number of amides is 6. The highest BCUT2D eigenvalue weighted by atomic mass is 32.2. The summed E-state index contributed by atoms with van der Waals surface area (Å²) in [5.41, 5.74) is 5.19. The van der Waals surface area contributed by atoms with Crippen LogP contribution in [0, 0.1) is 0 Å². The third-order valence-corrected chi connectivity index (χ3v) is 5.68. The van der Waals surface area contributed by atoms with Crippen molar-refractivity contribution in [2.75, 3.05) is 39.1 Å². The number of rotatable bonds is 16. The summed E-state index contributed by atoms with van der Waals surface area (Å²) in [7, 11) is 0. The van der Waals surface area contributed by atoms with Crippen LogP contribution in [0.2, 0.25) is 0 Å².